The first-order valence-corrected chi connectivity index (χ1v) is 11.7. The molecule has 1 atom stereocenters. The van der Waals surface area contributed by atoms with E-state index in [9.17, 15) is 14.0 Å². The third-order valence-electron chi connectivity index (χ3n) is 4.38. The van der Waals surface area contributed by atoms with Crippen molar-refractivity contribution in [1.29, 1.82) is 0 Å². The summed E-state index contributed by atoms with van der Waals surface area (Å²) in [4.78, 5) is 35.9. The number of aromatic nitrogens is 1. The number of amides is 2. The average molecular weight is 519 g/mol. The molecule has 0 spiro atoms. The Morgan fingerprint density at radius 2 is 2.16 bits per heavy atom. The third-order valence-corrected chi connectivity index (χ3v) is 6.98. The van der Waals surface area contributed by atoms with Gasteiger partial charge in [-0.15, -0.1) is 6.58 Å². The Hall–Kier alpha value is -2.56. The Bertz CT molecular complexity index is 1180. The van der Waals surface area contributed by atoms with Gasteiger partial charge in [-0.05, 0) is 30.3 Å². The number of aliphatic imine (C=N–C) groups is 1. The maximum absolute atomic E-state index is 14.0. The summed E-state index contributed by atoms with van der Waals surface area (Å²) in [7, 11) is 0. The quantitative estimate of drug-likeness (QED) is 0.446. The lowest BCUT2D eigenvalue weighted by molar-refractivity contribution is -0.127. The summed E-state index contributed by atoms with van der Waals surface area (Å²) < 4.78 is 15.6. The number of carbonyl (C=O) groups is 2. The van der Waals surface area contributed by atoms with Crippen molar-refractivity contribution in [2.45, 2.75) is 11.7 Å². The highest BCUT2D eigenvalue weighted by Crippen LogP contribution is 2.34. The molecule has 0 bridgehead atoms. The number of rotatable bonds is 6. The van der Waals surface area contributed by atoms with E-state index in [1.54, 1.807) is 12.1 Å². The van der Waals surface area contributed by atoms with Crippen molar-refractivity contribution in [3.05, 3.63) is 65.4 Å². The number of halogens is 2. The molecule has 6 nitrogen and oxygen atoms in total. The highest BCUT2D eigenvalue weighted by molar-refractivity contribution is 9.10. The zero-order chi connectivity index (χ0) is 22.0. The number of anilines is 1. The van der Waals surface area contributed by atoms with Crippen LogP contribution in [0.25, 0.3) is 10.2 Å². The number of hydrogen-bond acceptors (Lipinski definition) is 6. The Morgan fingerprint density at radius 3 is 2.90 bits per heavy atom. The van der Waals surface area contributed by atoms with Gasteiger partial charge >= 0.3 is 0 Å². The number of nitrogens with zero attached hydrogens (tertiary/aromatic N) is 3. The standard InChI is InChI=1S/C21H16BrFN4O2S2/c1-2-9-27-19(29)17(11-18(28)24-14-8-7-12(22)10-13(14)23)31-21(27)26-20-25-15-5-3-4-6-16(15)30-20/h2-8,10,17H,1,9,11H2,(H,24,28). The minimum atomic E-state index is -0.661. The highest BCUT2D eigenvalue weighted by atomic mass is 79.9. The summed E-state index contributed by atoms with van der Waals surface area (Å²) in [6.45, 7) is 3.97. The Balaban J connectivity index is 1.51. The molecule has 1 aliphatic heterocycles. The predicted octanol–water partition coefficient (Wildman–Crippen LogP) is 5.34. The van der Waals surface area contributed by atoms with Crippen molar-refractivity contribution in [1.82, 2.24) is 9.88 Å². The number of hydrogen-bond donors (Lipinski definition) is 1. The third kappa shape index (κ3) is 4.86. The van der Waals surface area contributed by atoms with Crippen LogP contribution in [0.1, 0.15) is 6.42 Å². The molecule has 4 rings (SSSR count). The molecule has 1 unspecified atom stereocenters. The van der Waals surface area contributed by atoms with Crippen LogP contribution >= 0.6 is 39.0 Å². The fraction of sp³-hybridized carbons (Fsp3) is 0.143. The molecule has 1 fully saturated rings. The maximum Gasteiger partial charge on any atom is 0.242 e. The van der Waals surface area contributed by atoms with Crippen LogP contribution in [0.5, 0.6) is 0 Å². The minimum absolute atomic E-state index is 0.0648. The number of fused-ring (bicyclic) bond motifs is 1. The van der Waals surface area contributed by atoms with Gasteiger partial charge in [0.2, 0.25) is 16.9 Å². The van der Waals surface area contributed by atoms with E-state index in [0.717, 1.165) is 10.2 Å². The lowest BCUT2D eigenvalue weighted by Gasteiger charge is -2.13. The zero-order valence-corrected chi connectivity index (χ0v) is 19.3. The van der Waals surface area contributed by atoms with E-state index in [0.29, 0.717) is 14.8 Å². The molecule has 0 aliphatic carbocycles. The zero-order valence-electron chi connectivity index (χ0n) is 16.0. The number of amidine groups is 1. The van der Waals surface area contributed by atoms with Crippen molar-refractivity contribution in [2.24, 2.45) is 4.99 Å². The molecular formula is C21H16BrFN4O2S2. The van der Waals surface area contributed by atoms with Crippen LogP contribution in [0.3, 0.4) is 0 Å². The van der Waals surface area contributed by atoms with Crippen LogP contribution in [-0.4, -0.2) is 38.7 Å². The fourth-order valence-electron chi connectivity index (χ4n) is 2.97. The van der Waals surface area contributed by atoms with Crippen LogP contribution < -0.4 is 5.32 Å². The number of thioether (sulfide) groups is 1. The van der Waals surface area contributed by atoms with E-state index in [1.165, 1.54) is 40.1 Å². The lowest BCUT2D eigenvalue weighted by Crippen LogP contribution is -2.33. The molecular weight excluding hydrogens is 503 g/mol. The first kappa shape index (κ1) is 21.7. The van der Waals surface area contributed by atoms with Crippen LogP contribution in [0.2, 0.25) is 0 Å². The van der Waals surface area contributed by atoms with Crippen LogP contribution in [-0.2, 0) is 9.59 Å². The number of para-hydroxylation sites is 1. The Morgan fingerprint density at radius 1 is 1.35 bits per heavy atom. The second-order valence-corrected chi connectivity index (χ2v) is 9.67. The van der Waals surface area contributed by atoms with Gasteiger partial charge in [0.05, 0.1) is 15.9 Å². The molecule has 2 amide bonds. The van der Waals surface area contributed by atoms with Crippen LogP contribution in [0, 0.1) is 5.82 Å². The summed E-state index contributed by atoms with van der Waals surface area (Å²) in [6.07, 6.45) is 1.50. The van der Waals surface area contributed by atoms with E-state index in [-0.39, 0.29) is 24.6 Å². The van der Waals surface area contributed by atoms with Gasteiger partial charge in [-0.1, -0.05) is 57.2 Å². The van der Waals surface area contributed by atoms with E-state index >= 15 is 0 Å². The summed E-state index contributed by atoms with van der Waals surface area (Å²) in [5.74, 6) is -1.25. The number of nitrogens with one attached hydrogen (secondary N) is 1. The average Bonchev–Trinajstić information content (AvgIpc) is 3.26. The van der Waals surface area contributed by atoms with Crippen LogP contribution in [0.4, 0.5) is 15.2 Å². The van der Waals surface area contributed by atoms with Gasteiger partial charge in [-0.25, -0.2) is 9.37 Å². The normalized spacial score (nSPS) is 17.5. The largest absolute Gasteiger partial charge is 0.324 e. The first-order valence-electron chi connectivity index (χ1n) is 9.22. The van der Waals surface area contributed by atoms with E-state index in [1.807, 2.05) is 24.3 Å². The van der Waals surface area contributed by atoms with Gasteiger partial charge in [0, 0.05) is 17.4 Å². The van der Waals surface area contributed by atoms with Gasteiger partial charge in [0.15, 0.2) is 5.17 Å². The predicted molar refractivity (Wildman–Crippen MR) is 127 cm³/mol. The van der Waals surface area contributed by atoms with Crippen molar-refractivity contribution < 1.29 is 14.0 Å². The summed E-state index contributed by atoms with van der Waals surface area (Å²) in [5.41, 5.74) is 0.902. The second-order valence-electron chi connectivity index (χ2n) is 6.58. The molecule has 2 aromatic carbocycles. The minimum Gasteiger partial charge on any atom is -0.324 e. The van der Waals surface area contributed by atoms with Gasteiger partial charge in [-0.2, -0.15) is 4.99 Å². The Kier molecular flexibility index (Phi) is 6.49. The topological polar surface area (TPSA) is 74.7 Å². The first-order chi connectivity index (χ1) is 14.9. The molecule has 3 aromatic rings. The SMILES string of the molecule is C=CCN1C(=O)C(CC(=O)Nc2ccc(Br)cc2F)SC1=Nc1nc2ccccc2s1. The second kappa shape index (κ2) is 9.29. The molecule has 2 heterocycles. The Labute approximate surface area is 194 Å². The number of carbonyl (C=O) groups excluding carboxylic acids is 2. The molecule has 0 radical (unpaired) electrons. The monoisotopic (exact) mass is 518 g/mol. The van der Waals surface area contributed by atoms with Gasteiger partial charge in [0.25, 0.3) is 0 Å². The molecule has 1 aliphatic rings. The maximum atomic E-state index is 14.0. The van der Waals surface area contributed by atoms with Crippen molar-refractivity contribution >= 4 is 77.0 Å². The summed E-state index contributed by atoms with van der Waals surface area (Å²) >= 11 is 5.80. The smallest absolute Gasteiger partial charge is 0.242 e. The van der Waals surface area contributed by atoms with Gasteiger partial charge < -0.3 is 5.32 Å². The molecule has 10 heteroatoms. The number of benzene rings is 2. The van der Waals surface area contributed by atoms with E-state index in [4.69, 9.17) is 0 Å². The molecule has 158 valence electrons. The molecule has 0 saturated carbocycles. The van der Waals surface area contributed by atoms with Crippen molar-refractivity contribution in [3.8, 4) is 0 Å². The number of thiazole rings is 1. The van der Waals surface area contributed by atoms with Crippen molar-refractivity contribution in [3.63, 3.8) is 0 Å². The van der Waals surface area contributed by atoms with Crippen LogP contribution in [0.15, 0.2) is 64.6 Å². The van der Waals surface area contributed by atoms with Gasteiger partial charge in [0.1, 0.15) is 11.1 Å². The summed E-state index contributed by atoms with van der Waals surface area (Å²) in [5, 5.41) is 2.87. The van der Waals surface area contributed by atoms with Crippen molar-refractivity contribution in [2.75, 3.05) is 11.9 Å². The lowest BCUT2D eigenvalue weighted by atomic mass is 10.2. The van der Waals surface area contributed by atoms with E-state index < -0.39 is 17.0 Å². The summed E-state index contributed by atoms with van der Waals surface area (Å²) in [6, 6.07) is 12.0. The highest BCUT2D eigenvalue weighted by Gasteiger charge is 2.38. The molecule has 1 saturated heterocycles. The van der Waals surface area contributed by atoms with E-state index in [2.05, 4.69) is 37.8 Å². The van der Waals surface area contributed by atoms with Gasteiger partial charge in [-0.3, -0.25) is 14.5 Å². The fourth-order valence-corrected chi connectivity index (χ4v) is 5.35. The molecule has 1 N–H and O–H groups in total. The molecule has 31 heavy (non-hydrogen) atoms. The molecule has 1 aromatic heterocycles.